The van der Waals surface area contributed by atoms with Gasteiger partial charge < -0.3 is 10.2 Å². The number of carbonyl (C=O) groups is 1. The number of carbonyl (C=O) groups excluding carboxylic acids is 1. The summed E-state index contributed by atoms with van der Waals surface area (Å²) in [4.78, 5) is 14.1. The summed E-state index contributed by atoms with van der Waals surface area (Å²) in [6.07, 6.45) is 0.518. The van der Waals surface area contributed by atoms with Gasteiger partial charge in [0.25, 0.3) is 0 Å². The highest BCUT2D eigenvalue weighted by atomic mass is 35.5. The Labute approximate surface area is 115 Å². The van der Waals surface area contributed by atoms with Crippen molar-refractivity contribution in [2.24, 2.45) is 0 Å². The van der Waals surface area contributed by atoms with E-state index in [9.17, 15) is 4.79 Å². The van der Waals surface area contributed by atoms with Crippen LogP contribution in [0.3, 0.4) is 0 Å². The van der Waals surface area contributed by atoms with Crippen LogP contribution in [0.1, 0.15) is 18.1 Å². The van der Waals surface area contributed by atoms with Crippen molar-refractivity contribution in [3.63, 3.8) is 0 Å². The zero-order valence-corrected chi connectivity index (χ0v) is 11.8. The number of rotatable bonds is 2. The Kier molecular flexibility index (Phi) is 5.63. The number of halogens is 1. The fourth-order valence-corrected chi connectivity index (χ4v) is 2.19. The van der Waals surface area contributed by atoms with E-state index in [1.807, 2.05) is 17.0 Å². The average Bonchev–Trinajstić information content (AvgIpc) is 2.32. The van der Waals surface area contributed by atoms with E-state index in [1.54, 1.807) is 0 Å². The lowest BCUT2D eigenvalue weighted by Crippen LogP contribution is -2.52. The third kappa shape index (κ3) is 3.72. The molecular formula is C14H21ClN2O. The topological polar surface area (TPSA) is 32.3 Å². The fraction of sp³-hybridized carbons (Fsp3) is 0.500. The monoisotopic (exact) mass is 268 g/mol. The molecular weight excluding hydrogens is 248 g/mol. The van der Waals surface area contributed by atoms with Gasteiger partial charge in [0.1, 0.15) is 0 Å². The molecule has 0 spiro atoms. The molecule has 1 atom stereocenters. The quantitative estimate of drug-likeness (QED) is 0.887. The molecule has 0 radical (unpaired) electrons. The molecule has 1 saturated heterocycles. The maximum absolute atomic E-state index is 12.2. The number of amides is 1. The van der Waals surface area contributed by atoms with E-state index in [4.69, 9.17) is 0 Å². The molecule has 2 rings (SSSR count). The van der Waals surface area contributed by atoms with Gasteiger partial charge in [0.05, 0.1) is 6.42 Å². The zero-order valence-electron chi connectivity index (χ0n) is 11.0. The maximum atomic E-state index is 12.2. The molecule has 1 heterocycles. The SMILES string of the molecule is Cc1ccc(CC(=O)N2CCNC[C@@H]2C)cc1.Cl. The Hall–Kier alpha value is -1.06. The molecule has 0 aromatic heterocycles. The van der Waals surface area contributed by atoms with Gasteiger partial charge in [-0.25, -0.2) is 0 Å². The van der Waals surface area contributed by atoms with Crippen molar-refractivity contribution in [2.45, 2.75) is 26.3 Å². The zero-order chi connectivity index (χ0) is 12.3. The number of piperazine rings is 1. The van der Waals surface area contributed by atoms with Crippen molar-refractivity contribution >= 4 is 18.3 Å². The predicted molar refractivity (Wildman–Crippen MR) is 76.2 cm³/mol. The molecule has 1 fully saturated rings. The summed E-state index contributed by atoms with van der Waals surface area (Å²) >= 11 is 0. The Morgan fingerprint density at radius 1 is 1.39 bits per heavy atom. The van der Waals surface area contributed by atoms with Crippen LogP contribution in [0.4, 0.5) is 0 Å². The minimum absolute atomic E-state index is 0. The fourth-order valence-electron chi connectivity index (χ4n) is 2.19. The van der Waals surface area contributed by atoms with Crippen LogP contribution >= 0.6 is 12.4 Å². The van der Waals surface area contributed by atoms with E-state index in [0.29, 0.717) is 12.5 Å². The summed E-state index contributed by atoms with van der Waals surface area (Å²) in [7, 11) is 0. The molecule has 3 nitrogen and oxygen atoms in total. The van der Waals surface area contributed by atoms with E-state index < -0.39 is 0 Å². The van der Waals surface area contributed by atoms with Crippen molar-refractivity contribution in [3.05, 3.63) is 35.4 Å². The minimum atomic E-state index is 0. The molecule has 4 heteroatoms. The Balaban J connectivity index is 0.00000162. The first-order valence-corrected chi connectivity index (χ1v) is 6.22. The lowest BCUT2D eigenvalue weighted by Gasteiger charge is -2.34. The molecule has 0 aliphatic carbocycles. The lowest BCUT2D eigenvalue weighted by molar-refractivity contribution is -0.133. The molecule has 1 aliphatic rings. The third-order valence-corrected chi connectivity index (χ3v) is 3.30. The summed E-state index contributed by atoms with van der Waals surface area (Å²) < 4.78 is 0. The van der Waals surface area contributed by atoms with Gasteiger partial charge in [-0.1, -0.05) is 29.8 Å². The molecule has 1 N–H and O–H groups in total. The minimum Gasteiger partial charge on any atom is -0.337 e. The van der Waals surface area contributed by atoms with Crippen LogP contribution in [0.2, 0.25) is 0 Å². The predicted octanol–water partition coefficient (Wildman–Crippen LogP) is 1.78. The van der Waals surface area contributed by atoms with Crippen molar-refractivity contribution in [1.82, 2.24) is 10.2 Å². The Morgan fingerprint density at radius 3 is 2.67 bits per heavy atom. The van der Waals surface area contributed by atoms with Gasteiger partial charge >= 0.3 is 0 Å². The number of hydrogen-bond donors (Lipinski definition) is 1. The van der Waals surface area contributed by atoms with Gasteiger partial charge in [-0.05, 0) is 19.4 Å². The number of nitrogens with one attached hydrogen (secondary N) is 1. The van der Waals surface area contributed by atoms with Gasteiger partial charge in [-0.15, -0.1) is 12.4 Å². The van der Waals surface area contributed by atoms with Gasteiger partial charge in [-0.3, -0.25) is 4.79 Å². The van der Waals surface area contributed by atoms with Crippen LogP contribution in [0.25, 0.3) is 0 Å². The number of nitrogens with zero attached hydrogens (tertiary/aromatic N) is 1. The van der Waals surface area contributed by atoms with E-state index >= 15 is 0 Å². The molecule has 0 bridgehead atoms. The van der Waals surface area contributed by atoms with E-state index in [2.05, 4.69) is 31.3 Å². The van der Waals surface area contributed by atoms with Crippen LogP contribution in [0, 0.1) is 6.92 Å². The number of hydrogen-bond acceptors (Lipinski definition) is 2. The van der Waals surface area contributed by atoms with Gasteiger partial charge in [0.15, 0.2) is 0 Å². The Bertz CT molecular complexity index is 391. The second kappa shape index (κ2) is 6.76. The molecule has 18 heavy (non-hydrogen) atoms. The van der Waals surface area contributed by atoms with E-state index in [1.165, 1.54) is 5.56 Å². The smallest absolute Gasteiger partial charge is 0.227 e. The largest absolute Gasteiger partial charge is 0.337 e. The van der Waals surface area contributed by atoms with E-state index in [-0.39, 0.29) is 18.3 Å². The van der Waals surface area contributed by atoms with Crippen LogP contribution in [-0.4, -0.2) is 36.5 Å². The first-order chi connectivity index (χ1) is 8.16. The van der Waals surface area contributed by atoms with Crippen molar-refractivity contribution in [3.8, 4) is 0 Å². The lowest BCUT2D eigenvalue weighted by atomic mass is 10.1. The third-order valence-electron chi connectivity index (χ3n) is 3.30. The van der Waals surface area contributed by atoms with Gasteiger partial charge in [0.2, 0.25) is 5.91 Å². The normalized spacial score (nSPS) is 19.2. The summed E-state index contributed by atoms with van der Waals surface area (Å²) in [5.74, 6) is 0.239. The first kappa shape index (κ1) is 15.0. The van der Waals surface area contributed by atoms with Crippen molar-refractivity contribution < 1.29 is 4.79 Å². The highest BCUT2D eigenvalue weighted by molar-refractivity contribution is 5.85. The first-order valence-electron chi connectivity index (χ1n) is 6.22. The van der Waals surface area contributed by atoms with Crippen LogP contribution in [0.5, 0.6) is 0 Å². The number of aryl methyl sites for hydroxylation is 1. The molecule has 1 aromatic carbocycles. The van der Waals surface area contributed by atoms with Crippen LogP contribution < -0.4 is 5.32 Å². The summed E-state index contributed by atoms with van der Waals surface area (Å²) in [6, 6.07) is 8.51. The second-order valence-corrected chi connectivity index (χ2v) is 4.80. The number of benzene rings is 1. The van der Waals surface area contributed by atoms with Gasteiger partial charge in [0, 0.05) is 25.7 Å². The molecule has 100 valence electrons. The average molecular weight is 269 g/mol. The molecule has 1 amide bonds. The van der Waals surface area contributed by atoms with Crippen LogP contribution in [0.15, 0.2) is 24.3 Å². The molecule has 1 aliphatic heterocycles. The molecule has 1 aromatic rings. The molecule has 0 saturated carbocycles. The highest BCUT2D eigenvalue weighted by Gasteiger charge is 2.22. The molecule has 0 unspecified atom stereocenters. The maximum Gasteiger partial charge on any atom is 0.227 e. The van der Waals surface area contributed by atoms with Crippen molar-refractivity contribution in [2.75, 3.05) is 19.6 Å². The van der Waals surface area contributed by atoms with Crippen molar-refractivity contribution in [1.29, 1.82) is 0 Å². The van der Waals surface area contributed by atoms with E-state index in [0.717, 1.165) is 25.2 Å². The van der Waals surface area contributed by atoms with Crippen LogP contribution in [-0.2, 0) is 11.2 Å². The summed E-state index contributed by atoms with van der Waals surface area (Å²) in [5.41, 5.74) is 2.34. The second-order valence-electron chi connectivity index (χ2n) is 4.80. The Morgan fingerprint density at radius 2 is 2.06 bits per heavy atom. The van der Waals surface area contributed by atoms with Gasteiger partial charge in [-0.2, -0.15) is 0 Å². The standard InChI is InChI=1S/C14H20N2O.ClH/c1-11-3-5-13(6-4-11)9-14(17)16-8-7-15-10-12(16)2;/h3-6,12,15H,7-10H2,1-2H3;1H/t12-;/m0./s1. The summed E-state index contributed by atoms with van der Waals surface area (Å²) in [5, 5.41) is 3.30. The summed E-state index contributed by atoms with van der Waals surface area (Å²) in [6.45, 7) is 6.79. The highest BCUT2D eigenvalue weighted by Crippen LogP contribution is 2.09.